The van der Waals surface area contributed by atoms with Crippen molar-refractivity contribution in [1.29, 1.82) is 0 Å². The van der Waals surface area contributed by atoms with Gasteiger partial charge in [0.1, 0.15) is 5.82 Å². The summed E-state index contributed by atoms with van der Waals surface area (Å²) in [7, 11) is -3.54. The summed E-state index contributed by atoms with van der Waals surface area (Å²) < 4.78 is 64.7. The van der Waals surface area contributed by atoms with Gasteiger partial charge in [0.25, 0.3) is 5.91 Å². The molecule has 31 heavy (non-hydrogen) atoms. The number of pyridine rings is 1. The number of rotatable bonds is 5. The number of carbonyl (C=O) groups is 1. The predicted molar refractivity (Wildman–Crippen MR) is 111 cm³/mol. The van der Waals surface area contributed by atoms with Gasteiger partial charge in [0.05, 0.1) is 23.1 Å². The monoisotopic (exact) mass is 472 g/mol. The molecule has 0 bridgehead atoms. The van der Waals surface area contributed by atoms with Crippen molar-refractivity contribution in [2.45, 2.75) is 13.1 Å². The zero-order valence-electron chi connectivity index (χ0n) is 16.2. The number of nitrogens with one attached hydrogen (secondary N) is 2. The van der Waals surface area contributed by atoms with Crippen LogP contribution in [0.3, 0.4) is 0 Å². The van der Waals surface area contributed by atoms with Gasteiger partial charge in [0, 0.05) is 28.8 Å². The molecule has 3 rings (SSSR count). The van der Waals surface area contributed by atoms with Gasteiger partial charge in [0.2, 0.25) is 10.0 Å². The Balaban J connectivity index is 1.83. The average Bonchev–Trinajstić information content (AvgIpc) is 3.01. The molecular formula is C19H16ClF3N4O3S. The maximum atomic E-state index is 12.7. The first-order chi connectivity index (χ1) is 14.3. The first kappa shape index (κ1) is 22.6. The van der Waals surface area contributed by atoms with Gasteiger partial charge in [-0.2, -0.15) is 13.2 Å². The predicted octanol–water partition coefficient (Wildman–Crippen LogP) is 4.48. The summed E-state index contributed by atoms with van der Waals surface area (Å²) in [5, 5.41) is 2.81. The van der Waals surface area contributed by atoms with E-state index in [4.69, 9.17) is 11.6 Å². The molecule has 164 valence electrons. The van der Waals surface area contributed by atoms with Gasteiger partial charge in [-0.1, -0.05) is 11.6 Å². The van der Waals surface area contributed by atoms with Crippen molar-refractivity contribution in [3.05, 3.63) is 70.6 Å². The second-order valence-electron chi connectivity index (χ2n) is 6.70. The minimum absolute atomic E-state index is 0.174. The lowest BCUT2D eigenvalue weighted by Gasteiger charge is -2.09. The molecule has 0 fully saturated rings. The maximum Gasteiger partial charge on any atom is 0.417 e. The summed E-state index contributed by atoms with van der Waals surface area (Å²) in [4.78, 5) is 16.4. The van der Waals surface area contributed by atoms with Crippen molar-refractivity contribution in [1.82, 2.24) is 9.55 Å². The molecule has 7 nitrogen and oxygen atoms in total. The van der Waals surface area contributed by atoms with Crippen LogP contribution in [0.4, 0.5) is 24.5 Å². The number of sulfonamides is 1. The minimum Gasteiger partial charge on any atom is -0.322 e. The first-order valence-electron chi connectivity index (χ1n) is 8.64. The standard InChI is InChI=1S/C19H16ClF3N4O3S/c1-11-5-12(10-27(11)17-4-3-13(9-24-17)19(21,22)23)18(28)25-15-6-14(20)7-16(8-15)26-31(2,29)30/h3-10,26H,1-2H3,(H,25,28). The molecule has 0 unspecified atom stereocenters. The molecule has 1 aromatic carbocycles. The summed E-state index contributed by atoms with van der Waals surface area (Å²) in [5.74, 6) is -0.312. The number of aromatic nitrogens is 2. The molecule has 1 amide bonds. The molecule has 0 atom stereocenters. The van der Waals surface area contributed by atoms with Gasteiger partial charge in [-0.15, -0.1) is 0 Å². The molecule has 0 aliphatic heterocycles. The summed E-state index contributed by atoms with van der Waals surface area (Å²) >= 11 is 5.98. The number of carbonyl (C=O) groups excluding carboxylic acids is 1. The molecule has 0 aliphatic rings. The fraction of sp³-hybridized carbons (Fsp3) is 0.158. The van der Waals surface area contributed by atoms with Crippen molar-refractivity contribution in [3.63, 3.8) is 0 Å². The Labute approximate surface area is 180 Å². The molecule has 12 heteroatoms. The van der Waals surface area contributed by atoms with E-state index in [1.807, 2.05) is 0 Å². The molecule has 0 saturated heterocycles. The molecule has 0 aliphatic carbocycles. The lowest BCUT2D eigenvalue weighted by Crippen LogP contribution is -2.13. The highest BCUT2D eigenvalue weighted by Gasteiger charge is 2.30. The topological polar surface area (TPSA) is 93.1 Å². The van der Waals surface area contributed by atoms with Crippen molar-refractivity contribution in [2.75, 3.05) is 16.3 Å². The molecular weight excluding hydrogens is 457 g/mol. The van der Waals surface area contributed by atoms with Crippen LogP contribution in [-0.2, 0) is 16.2 Å². The van der Waals surface area contributed by atoms with Crippen LogP contribution in [0.5, 0.6) is 0 Å². The van der Waals surface area contributed by atoms with E-state index in [-0.39, 0.29) is 27.8 Å². The highest BCUT2D eigenvalue weighted by Crippen LogP contribution is 2.29. The zero-order valence-corrected chi connectivity index (χ0v) is 17.7. The number of anilines is 2. The molecule has 0 radical (unpaired) electrons. The van der Waals surface area contributed by atoms with Crippen LogP contribution in [0.1, 0.15) is 21.6 Å². The highest BCUT2D eigenvalue weighted by molar-refractivity contribution is 7.92. The molecule has 2 aromatic heterocycles. The number of aryl methyl sites for hydroxylation is 1. The van der Waals surface area contributed by atoms with E-state index in [0.717, 1.165) is 18.5 Å². The third-order valence-electron chi connectivity index (χ3n) is 4.06. The fourth-order valence-corrected chi connectivity index (χ4v) is 3.56. The largest absolute Gasteiger partial charge is 0.417 e. The maximum absolute atomic E-state index is 12.7. The van der Waals surface area contributed by atoms with E-state index in [1.165, 1.54) is 41.1 Å². The Morgan fingerprint density at radius 2 is 1.81 bits per heavy atom. The summed E-state index contributed by atoms with van der Waals surface area (Å²) in [5.41, 5.74) is 0.341. The number of amides is 1. The normalized spacial score (nSPS) is 11.9. The quantitative estimate of drug-likeness (QED) is 0.572. The van der Waals surface area contributed by atoms with E-state index in [9.17, 15) is 26.4 Å². The lowest BCUT2D eigenvalue weighted by molar-refractivity contribution is -0.137. The Morgan fingerprint density at radius 1 is 1.13 bits per heavy atom. The van der Waals surface area contributed by atoms with Crippen LogP contribution in [0.2, 0.25) is 5.02 Å². The van der Waals surface area contributed by atoms with Crippen molar-refractivity contribution < 1.29 is 26.4 Å². The van der Waals surface area contributed by atoms with E-state index < -0.39 is 27.7 Å². The molecule has 0 spiro atoms. The van der Waals surface area contributed by atoms with E-state index in [2.05, 4.69) is 15.0 Å². The number of hydrogen-bond acceptors (Lipinski definition) is 4. The van der Waals surface area contributed by atoms with Gasteiger partial charge < -0.3 is 9.88 Å². The van der Waals surface area contributed by atoms with Crippen LogP contribution in [0, 0.1) is 6.92 Å². The molecule has 2 N–H and O–H groups in total. The minimum atomic E-state index is -4.50. The SMILES string of the molecule is Cc1cc(C(=O)Nc2cc(Cl)cc(NS(C)(=O)=O)c2)cn1-c1ccc(C(F)(F)F)cn1. The van der Waals surface area contributed by atoms with Crippen LogP contribution in [0.25, 0.3) is 5.82 Å². The summed E-state index contributed by atoms with van der Waals surface area (Å²) in [6, 6.07) is 7.87. The second kappa shape index (κ2) is 8.23. The van der Waals surface area contributed by atoms with Crippen LogP contribution in [0.15, 0.2) is 48.8 Å². The highest BCUT2D eigenvalue weighted by atomic mass is 35.5. The Hall–Kier alpha value is -3.05. The third kappa shape index (κ3) is 5.76. The zero-order chi connectivity index (χ0) is 23.0. The van der Waals surface area contributed by atoms with Gasteiger partial charge in [-0.3, -0.25) is 9.52 Å². The lowest BCUT2D eigenvalue weighted by atomic mass is 10.2. The summed E-state index contributed by atoms with van der Waals surface area (Å²) in [6.45, 7) is 1.67. The smallest absolute Gasteiger partial charge is 0.322 e. The Kier molecular flexibility index (Phi) is 6.01. The van der Waals surface area contributed by atoms with Crippen LogP contribution >= 0.6 is 11.6 Å². The number of benzene rings is 1. The molecule has 3 aromatic rings. The van der Waals surface area contributed by atoms with E-state index >= 15 is 0 Å². The number of hydrogen-bond donors (Lipinski definition) is 2. The van der Waals surface area contributed by atoms with Crippen molar-refractivity contribution >= 4 is 38.9 Å². The van der Waals surface area contributed by atoms with Gasteiger partial charge in [-0.05, 0) is 43.3 Å². The van der Waals surface area contributed by atoms with Crippen LogP contribution < -0.4 is 10.0 Å². The van der Waals surface area contributed by atoms with E-state index in [1.54, 1.807) is 6.92 Å². The number of halogens is 4. The Morgan fingerprint density at radius 3 is 2.39 bits per heavy atom. The molecule has 2 heterocycles. The second-order valence-corrected chi connectivity index (χ2v) is 8.88. The van der Waals surface area contributed by atoms with Crippen molar-refractivity contribution in [3.8, 4) is 5.82 Å². The first-order valence-corrected chi connectivity index (χ1v) is 10.9. The third-order valence-corrected chi connectivity index (χ3v) is 4.88. The number of nitrogens with zero attached hydrogens (tertiary/aromatic N) is 2. The molecule has 0 saturated carbocycles. The van der Waals surface area contributed by atoms with Gasteiger partial charge >= 0.3 is 6.18 Å². The van der Waals surface area contributed by atoms with Crippen LogP contribution in [-0.4, -0.2) is 30.1 Å². The average molecular weight is 473 g/mol. The summed E-state index contributed by atoms with van der Waals surface area (Å²) in [6.07, 6.45) is -1.37. The number of alkyl halides is 3. The Bertz CT molecular complexity index is 1240. The van der Waals surface area contributed by atoms with Gasteiger partial charge in [0.15, 0.2) is 0 Å². The fourth-order valence-electron chi connectivity index (χ4n) is 2.78. The van der Waals surface area contributed by atoms with Crippen molar-refractivity contribution in [2.24, 2.45) is 0 Å². The van der Waals surface area contributed by atoms with Gasteiger partial charge in [-0.25, -0.2) is 13.4 Å². The van der Waals surface area contributed by atoms with E-state index in [0.29, 0.717) is 5.69 Å².